The van der Waals surface area contributed by atoms with Gasteiger partial charge in [0.2, 0.25) is 0 Å². The second kappa shape index (κ2) is 9.90. The minimum Gasteiger partial charge on any atom is -0.478 e. The molecular weight excluding hydrogens is 482 g/mol. The number of aromatic nitrogens is 5. The molecule has 0 amide bonds. The maximum absolute atomic E-state index is 12.5. The number of carbonyl (C=O) groups is 1. The number of ether oxygens (including phenoxy) is 3. The van der Waals surface area contributed by atoms with Crippen LogP contribution < -0.4 is 4.74 Å². The summed E-state index contributed by atoms with van der Waals surface area (Å²) in [6.07, 6.45) is 3.70. The molecule has 1 aliphatic heterocycles. The van der Waals surface area contributed by atoms with Crippen molar-refractivity contribution in [1.82, 2.24) is 24.5 Å². The quantitative estimate of drug-likeness (QED) is 0.303. The first-order valence-corrected chi connectivity index (χ1v) is 12.7. The molecule has 1 fully saturated rings. The second-order valence-electron chi connectivity index (χ2n) is 9.56. The van der Waals surface area contributed by atoms with E-state index in [1.165, 1.54) is 12.7 Å². The lowest BCUT2D eigenvalue weighted by molar-refractivity contribution is 0.0553. The first-order chi connectivity index (χ1) is 18.6. The number of fused-ring (bicyclic) bond motifs is 3. The van der Waals surface area contributed by atoms with Gasteiger partial charge in [0.1, 0.15) is 5.69 Å². The van der Waals surface area contributed by atoms with Crippen LogP contribution in [0.5, 0.6) is 5.88 Å². The Morgan fingerprint density at radius 2 is 1.84 bits per heavy atom. The van der Waals surface area contributed by atoms with E-state index in [9.17, 15) is 4.79 Å². The van der Waals surface area contributed by atoms with Gasteiger partial charge in [-0.15, -0.1) is 0 Å². The zero-order valence-electron chi connectivity index (χ0n) is 21.6. The van der Waals surface area contributed by atoms with Crippen LogP contribution in [-0.2, 0) is 16.5 Å². The van der Waals surface area contributed by atoms with Gasteiger partial charge in [-0.1, -0.05) is 40.6 Å². The number of methoxy groups -OCH3 is 2. The molecule has 38 heavy (non-hydrogen) atoms. The van der Waals surface area contributed by atoms with Gasteiger partial charge >= 0.3 is 5.97 Å². The van der Waals surface area contributed by atoms with Crippen LogP contribution in [0.4, 0.5) is 0 Å². The van der Waals surface area contributed by atoms with Gasteiger partial charge in [-0.05, 0) is 48.6 Å². The van der Waals surface area contributed by atoms with Crippen LogP contribution in [0, 0.1) is 5.92 Å². The Bertz CT molecular complexity index is 1620. The minimum absolute atomic E-state index is 0.0107. The Morgan fingerprint density at radius 1 is 1.05 bits per heavy atom. The maximum atomic E-state index is 12.5. The molecule has 1 aliphatic rings. The average Bonchev–Trinajstić information content (AvgIpc) is 3.50. The highest BCUT2D eigenvalue weighted by Gasteiger charge is 2.31. The molecule has 0 radical (unpaired) electrons. The third-order valence-electron chi connectivity index (χ3n) is 7.46. The first kappa shape index (κ1) is 24.1. The molecule has 9 heteroatoms. The number of benzene rings is 2. The largest absolute Gasteiger partial charge is 0.478 e. The number of rotatable bonds is 6. The van der Waals surface area contributed by atoms with E-state index in [1.807, 2.05) is 31.4 Å². The molecule has 6 rings (SSSR count). The number of nitrogens with zero attached hydrogens (tertiary/aromatic N) is 5. The van der Waals surface area contributed by atoms with E-state index in [0.717, 1.165) is 59.2 Å². The second-order valence-corrected chi connectivity index (χ2v) is 9.56. The Morgan fingerprint density at radius 3 is 2.58 bits per heavy atom. The molecule has 0 aliphatic carbocycles. The van der Waals surface area contributed by atoms with E-state index >= 15 is 0 Å². The Hall–Kier alpha value is -4.24. The molecule has 3 aromatic heterocycles. The highest BCUT2D eigenvalue weighted by molar-refractivity contribution is 6.08. The lowest BCUT2D eigenvalue weighted by Gasteiger charge is -2.33. The van der Waals surface area contributed by atoms with Gasteiger partial charge in [0, 0.05) is 37.4 Å². The lowest BCUT2D eigenvalue weighted by Crippen LogP contribution is -2.27. The Labute approximate surface area is 219 Å². The number of esters is 1. The van der Waals surface area contributed by atoms with Gasteiger partial charge in [0.25, 0.3) is 5.88 Å². The van der Waals surface area contributed by atoms with E-state index in [2.05, 4.69) is 45.2 Å². The third kappa shape index (κ3) is 3.99. The van der Waals surface area contributed by atoms with Crippen LogP contribution in [0.25, 0.3) is 33.2 Å². The van der Waals surface area contributed by atoms with Crippen molar-refractivity contribution >= 4 is 27.9 Å². The predicted octanol–water partition coefficient (Wildman–Crippen LogP) is 4.80. The molecule has 9 nitrogen and oxygen atoms in total. The van der Waals surface area contributed by atoms with E-state index in [-0.39, 0.29) is 12.0 Å². The van der Waals surface area contributed by atoms with Crippen LogP contribution in [0.1, 0.15) is 34.8 Å². The van der Waals surface area contributed by atoms with Crippen molar-refractivity contribution in [2.45, 2.75) is 18.9 Å². The van der Waals surface area contributed by atoms with Crippen molar-refractivity contribution in [2.75, 3.05) is 27.4 Å². The Balaban J connectivity index is 1.68. The number of hydrogen-bond donors (Lipinski definition) is 0. The maximum Gasteiger partial charge on any atom is 0.337 e. The van der Waals surface area contributed by atoms with Gasteiger partial charge in [-0.25, -0.2) is 9.48 Å². The topological polar surface area (TPSA) is 93.3 Å². The van der Waals surface area contributed by atoms with Gasteiger partial charge in [-0.3, -0.25) is 4.98 Å². The van der Waals surface area contributed by atoms with Crippen molar-refractivity contribution in [2.24, 2.45) is 13.0 Å². The van der Waals surface area contributed by atoms with Crippen molar-refractivity contribution in [3.63, 3.8) is 0 Å². The molecule has 0 N–H and O–H groups in total. The van der Waals surface area contributed by atoms with Crippen LogP contribution in [0.15, 0.2) is 60.8 Å². The molecule has 2 aromatic carbocycles. The molecule has 0 bridgehead atoms. The standard InChI is InChI=1S/C29H29N5O4/c1-33-27(28(36-2)31-32-33)21-16-24-25(30-17-21)22-10-9-20(29(35)37-3)15-23(22)34(24)26(18-7-5-4-6-8-18)19-11-13-38-14-12-19/h4-10,15-17,19,26H,11-14H2,1-3H3/t26-/m1/s1. The van der Waals surface area contributed by atoms with Crippen molar-refractivity contribution in [3.8, 4) is 17.1 Å². The van der Waals surface area contributed by atoms with Gasteiger partial charge < -0.3 is 18.8 Å². The summed E-state index contributed by atoms with van der Waals surface area (Å²) in [4.78, 5) is 17.5. The molecule has 4 heterocycles. The van der Waals surface area contributed by atoms with Crippen LogP contribution in [-0.4, -0.2) is 57.9 Å². The number of carbonyl (C=O) groups excluding carboxylic acids is 1. The fourth-order valence-corrected chi connectivity index (χ4v) is 5.68. The highest BCUT2D eigenvalue weighted by Crippen LogP contribution is 2.41. The summed E-state index contributed by atoms with van der Waals surface area (Å²) in [6, 6.07) is 18.3. The molecule has 1 atom stereocenters. The minimum atomic E-state index is -0.370. The molecule has 0 saturated carbocycles. The summed E-state index contributed by atoms with van der Waals surface area (Å²) >= 11 is 0. The summed E-state index contributed by atoms with van der Waals surface area (Å²) in [5, 5.41) is 9.27. The van der Waals surface area contributed by atoms with E-state index in [1.54, 1.807) is 17.9 Å². The summed E-state index contributed by atoms with van der Waals surface area (Å²) in [7, 11) is 4.82. The van der Waals surface area contributed by atoms with Crippen LogP contribution >= 0.6 is 0 Å². The van der Waals surface area contributed by atoms with Gasteiger partial charge in [0.15, 0.2) is 0 Å². The van der Waals surface area contributed by atoms with Crippen molar-refractivity contribution < 1.29 is 19.0 Å². The SMILES string of the molecule is COC(=O)c1ccc2c3ncc(-c4c(OC)nnn4C)cc3n([C@H](c3ccccc3)C3CCOCC3)c2c1. The number of pyridine rings is 1. The predicted molar refractivity (Wildman–Crippen MR) is 143 cm³/mol. The van der Waals surface area contributed by atoms with Crippen molar-refractivity contribution in [1.29, 1.82) is 0 Å². The fraction of sp³-hybridized carbons (Fsp3) is 0.310. The van der Waals surface area contributed by atoms with Crippen molar-refractivity contribution in [3.05, 3.63) is 71.9 Å². The molecule has 5 aromatic rings. The summed E-state index contributed by atoms with van der Waals surface area (Å²) < 4.78 is 20.3. The average molecular weight is 512 g/mol. The highest BCUT2D eigenvalue weighted by atomic mass is 16.5. The van der Waals surface area contributed by atoms with E-state index in [0.29, 0.717) is 17.4 Å². The third-order valence-corrected chi connectivity index (χ3v) is 7.46. The molecule has 0 unspecified atom stereocenters. The molecular formula is C29H29N5O4. The number of aryl methyl sites for hydroxylation is 1. The molecule has 1 saturated heterocycles. The zero-order valence-corrected chi connectivity index (χ0v) is 21.6. The zero-order chi connectivity index (χ0) is 26.2. The first-order valence-electron chi connectivity index (χ1n) is 12.7. The summed E-state index contributed by atoms with van der Waals surface area (Å²) in [5.41, 5.74) is 6.05. The molecule has 194 valence electrons. The smallest absolute Gasteiger partial charge is 0.337 e. The van der Waals surface area contributed by atoms with E-state index in [4.69, 9.17) is 19.2 Å². The monoisotopic (exact) mass is 511 g/mol. The number of hydrogen-bond acceptors (Lipinski definition) is 7. The van der Waals surface area contributed by atoms with Crippen LogP contribution in [0.2, 0.25) is 0 Å². The van der Waals surface area contributed by atoms with E-state index < -0.39 is 0 Å². The van der Waals surface area contributed by atoms with Gasteiger partial charge in [0.05, 0.1) is 42.4 Å². The fourth-order valence-electron chi connectivity index (χ4n) is 5.68. The summed E-state index contributed by atoms with van der Waals surface area (Å²) in [6.45, 7) is 1.44. The Kier molecular flexibility index (Phi) is 6.29. The summed E-state index contributed by atoms with van der Waals surface area (Å²) in [5.74, 6) is 0.405. The van der Waals surface area contributed by atoms with Gasteiger partial charge in [-0.2, -0.15) is 0 Å². The van der Waals surface area contributed by atoms with Crippen LogP contribution in [0.3, 0.4) is 0 Å². The lowest BCUT2D eigenvalue weighted by atomic mass is 9.86. The molecule has 0 spiro atoms. The normalized spacial score (nSPS) is 15.1.